The first-order valence-electron chi connectivity index (χ1n) is 7.04. The number of furan rings is 1. The molecule has 0 aliphatic heterocycles. The summed E-state index contributed by atoms with van der Waals surface area (Å²) in [6.07, 6.45) is 0. The molecule has 2 aromatic carbocycles. The summed E-state index contributed by atoms with van der Waals surface area (Å²) < 4.78 is 18.9. The summed E-state index contributed by atoms with van der Waals surface area (Å²) in [6.45, 7) is 2.20. The van der Waals surface area contributed by atoms with E-state index >= 15 is 0 Å². The van der Waals surface area contributed by atoms with Crippen LogP contribution in [-0.2, 0) is 6.54 Å². The molecule has 0 spiro atoms. The van der Waals surface area contributed by atoms with Crippen molar-refractivity contribution in [1.82, 2.24) is 4.90 Å². The van der Waals surface area contributed by atoms with Gasteiger partial charge in [-0.2, -0.15) is 0 Å². The number of halogens is 1. The third-order valence-corrected chi connectivity index (χ3v) is 3.69. The number of carbonyl (C=O) groups is 1. The number of amides is 1. The lowest BCUT2D eigenvalue weighted by atomic mass is 10.1. The van der Waals surface area contributed by atoms with Gasteiger partial charge < -0.3 is 9.32 Å². The maximum Gasteiger partial charge on any atom is 0.289 e. The van der Waals surface area contributed by atoms with Gasteiger partial charge in [0.15, 0.2) is 5.76 Å². The van der Waals surface area contributed by atoms with Crippen molar-refractivity contribution in [3.05, 3.63) is 71.2 Å². The van der Waals surface area contributed by atoms with Gasteiger partial charge in [-0.3, -0.25) is 4.79 Å². The van der Waals surface area contributed by atoms with E-state index in [0.717, 1.165) is 16.5 Å². The van der Waals surface area contributed by atoms with Crippen LogP contribution in [0.4, 0.5) is 4.39 Å². The maximum absolute atomic E-state index is 13.2. The lowest BCUT2D eigenvalue weighted by Gasteiger charge is -2.16. The van der Waals surface area contributed by atoms with E-state index in [9.17, 15) is 9.18 Å². The van der Waals surface area contributed by atoms with E-state index < -0.39 is 0 Å². The number of benzene rings is 2. The van der Waals surface area contributed by atoms with Crippen molar-refractivity contribution < 1.29 is 13.6 Å². The smallest absolute Gasteiger partial charge is 0.289 e. The number of para-hydroxylation sites is 1. The largest absolute Gasteiger partial charge is 0.451 e. The molecule has 0 saturated carbocycles. The van der Waals surface area contributed by atoms with E-state index in [2.05, 4.69) is 0 Å². The Bertz CT molecular complexity index is 838. The molecule has 3 nitrogen and oxygen atoms in total. The van der Waals surface area contributed by atoms with Crippen LogP contribution in [0.25, 0.3) is 11.0 Å². The highest BCUT2D eigenvalue weighted by Crippen LogP contribution is 2.26. The first kappa shape index (κ1) is 14.3. The fourth-order valence-corrected chi connectivity index (χ4v) is 2.53. The number of aryl methyl sites for hydroxylation is 1. The first-order chi connectivity index (χ1) is 10.6. The molecule has 0 aliphatic carbocycles. The zero-order chi connectivity index (χ0) is 15.7. The summed E-state index contributed by atoms with van der Waals surface area (Å²) in [5, 5.41) is 0.935. The van der Waals surface area contributed by atoms with Gasteiger partial charge in [-0.25, -0.2) is 4.39 Å². The molecule has 0 atom stereocenters. The summed E-state index contributed by atoms with van der Waals surface area (Å²) in [7, 11) is 1.68. The molecule has 0 radical (unpaired) electrons. The minimum absolute atomic E-state index is 0.210. The van der Waals surface area contributed by atoms with Gasteiger partial charge in [0.1, 0.15) is 11.4 Å². The highest BCUT2D eigenvalue weighted by atomic mass is 19.1. The molecule has 1 heterocycles. The predicted octanol–water partition coefficient (Wildman–Crippen LogP) is 4.15. The second kappa shape index (κ2) is 5.64. The van der Waals surface area contributed by atoms with Crippen molar-refractivity contribution in [2.24, 2.45) is 0 Å². The van der Waals surface area contributed by atoms with E-state index in [1.807, 2.05) is 31.2 Å². The van der Waals surface area contributed by atoms with Gasteiger partial charge in [0, 0.05) is 24.5 Å². The van der Waals surface area contributed by atoms with Gasteiger partial charge in [0.2, 0.25) is 0 Å². The quantitative estimate of drug-likeness (QED) is 0.727. The topological polar surface area (TPSA) is 33.5 Å². The van der Waals surface area contributed by atoms with Gasteiger partial charge in [-0.15, -0.1) is 0 Å². The van der Waals surface area contributed by atoms with Crippen molar-refractivity contribution in [2.75, 3.05) is 7.05 Å². The molecule has 3 aromatic rings. The van der Waals surface area contributed by atoms with Crippen LogP contribution in [0, 0.1) is 12.7 Å². The highest BCUT2D eigenvalue weighted by Gasteiger charge is 2.20. The third kappa shape index (κ3) is 2.60. The van der Waals surface area contributed by atoms with Gasteiger partial charge in [0.05, 0.1) is 0 Å². The van der Waals surface area contributed by atoms with E-state index in [4.69, 9.17) is 4.42 Å². The van der Waals surface area contributed by atoms with Crippen LogP contribution in [0.15, 0.2) is 52.9 Å². The van der Waals surface area contributed by atoms with E-state index in [1.165, 1.54) is 17.0 Å². The predicted molar refractivity (Wildman–Crippen MR) is 83.1 cm³/mol. The summed E-state index contributed by atoms with van der Waals surface area (Å²) in [4.78, 5) is 14.1. The van der Waals surface area contributed by atoms with Gasteiger partial charge >= 0.3 is 0 Å². The second-order valence-corrected chi connectivity index (χ2v) is 5.34. The molecule has 0 fully saturated rings. The van der Waals surface area contributed by atoms with E-state index in [0.29, 0.717) is 17.9 Å². The Balaban J connectivity index is 1.87. The SMILES string of the molecule is Cc1c(C(=O)N(C)Cc2cccc(F)c2)oc2ccccc12. The minimum Gasteiger partial charge on any atom is -0.451 e. The molecule has 4 heteroatoms. The lowest BCUT2D eigenvalue weighted by molar-refractivity contribution is 0.0754. The summed E-state index contributed by atoms with van der Waals surface area (Å²) in [5.41, 5.74) is 2.26. The minimum atomic E-state index is -0.307. The molecule has 0 aliphatic rings. The molecule has 0 N–H and O–H groups in total. The van der Waals surface area contributed by atoms with Gasteiger partial charge in [-0.1, -0.05) is 30.3 Å². The normalized spacial score (nSPS) is 10.9. The molecule has 1 amide bonds. The molecule has 112 valence electrons. The standard InChI is InChI=1S/C18H16FNO2/c1-12-15-8-3-4-9-16(15)22-17(12)18(21)20(2)11-13-6-5-7-14(19)10-13/h3-10H,11H2,1-2H3. The van der Waals surface area contributed by atoms with Crippen LogP contribution < -0.4 is 0 Å². The fourth-order valence-electron chi connectivity index (χ4n) is 2.53. The Labute approximate surface area is 128 Å². The van der Waals surface area contributed by atoms with Crippen LogP contribution in [0.2, 0.25) is 0 Å². The number of fused-ring (bicyclic) bond motifs is 1. The number of rotatable bonds is 3. The van der Waals surface area contributed by atoms with Crippen LogP contribution >= 0.6 is 0 Å². The molecular weight excluding hydrogens is 281 g/mol. The van der Waals surface area contributed by atoms with Crippen molar-refractivity contribution in [3.63, 3.8) is 0 Å². The first-order valence-corrected chi connectivity index (χ1v) is 7.04. The van der Waals surface area contributed by atoms with Crippen LogP contribution in [0.1, 0.15) is 21.7 Å². The summed E-state index contributed by atoms with van der Waals surface area (Å²) in [6, 6.07) is 13.8. The number of nitrogens with zero attached hydrogens (tertiary/aromatic N) is 1. The molecule has 22 heavy (non-hydrogen) atoms. The Morgan fingerprint density at radius 1 is 1.18 bits per heavy atom. The third-order valence-electron chi connectivity index (χ3n) is 3.69. The fraction of sp³-hybridized carbons (Fsp3) is 0.167. The molecule has 0 saturated heterocycles. The molecule has 3 rings (SSSR count). The molecular formula is C18H16FNO2. The van der Waals surface area contributed by atoms with Crippen molar-refractivity contribution >= 4 is 16.9 Å². The lowest BCUT2D eigenvalue weighted by Crippen LogP contribution is -2.26. The number of carbonyl (C=O) groups excluding carboxylic acids is 1. The summed E-state index contributed by atoms with van der Waals surface area (Å²) >= 11 is 0. The highest BCUT2D eigenvalue weighted by molar-refractivity contribution is 5.98. The maximum atomic E-state index is 13.2. The zero-order valence-corrected chi connectivity index (χ0v) is 12.5. The Morgan fingerprint density at radius 3 is 2.68 bits per heavy atom. The molecule has 0 bridgehead atoms. The van der Waals surface area contributed by atoms with Crippen LogP contribution in [0.3, 0.4) is 0 Å². The number of hydrogen-bond acceptors (Lipinski definition) is 2. The molecule has 1 aromatic heterocycles. The van der Waals surface area contributed by atoms with Gasteiger partial charge in [0.25, 0.3) is 5.91 Å². The van der Waals surface area contributed by atoms with Crippen LogP contribution in [0.5, 0.6) is 0 Å². The monoisotopic (exact) mass is 297 g/mol. The van der Waals surface area contributed by atoms with Crippen LogP contribution in [-0.4, -0.2) is 17.9 Å². The van der Waals surface area contributed by atoms with E-state index in [1.54, 1.807) is 19.2 Å². The Morgan fingerprint density at radius 2 is 1.95 bits per heavy atom. The van der Waals surface area contributed by atoms with Crippen molar-refractivity contribution in [1.29, 1.82) is 0 Å². The summed E-state index contributed by atoms with van der Waals surface area (Å²) in [5.74, 6) is -0.184. The second-order valence-electron chi connectivity index (χ2n) is 5.34. The van der Waals surface area contributed by atoms with Crippen molar-refractivity contribution in [2.45, 2.75) is 13.5 Å². The number of hydrogen-bond donors (Lipinski definition) is 0. The van der Waals surface area contributed by atoms with Gasteiger partial charge in [-0.05, 0) is 30.7 Å². The Hall–Kier alpha value is -2.62. The average molecular weight is 297 g/mol. The van der Waals surface area contributed by atoms with E-state index in [-0.39, 0.29) is 11.7 Å². The van der Waals surface area contributed by atoms with Crippen molar-refractivity contribution in [3.8, 4) is 0 Å². The Kier molecular flexibility index (Phi) is 3.67. The average Bonchev–Trinajstić information content (AvgIpc) is 2.84. The molecule has 0 unspecified atom stereocenters. The zero-order valence-electron chi connectivity index (χ0n) is 12.5.